The molecule has 0 saturated heterocycles. The van der Waals surface area contributed by atoms with Gasteiger partial charge >= 0.3 is 0 Å². The number of likely N-dealkylation sites (N-methyl/N-ethyl adjacent to an activating group) is 1. The topological polar surface area (TPSA) is 39.6 Å². The monoisotopic (exact) mass is 265 g/mol. The number of hydrogen-bond donors (Lipinski definition) is 1. The summed E-state index contributed by atoms with van der Waals surface area (Å²) in [5, 5.41) is 9.76. The summed E-state index contributed by atoms with van der Waals surface area (Å²) in [6, 6.07) is 3.99. The van der Waals surface area contributed by atoms with E-state index in [-0.39, 0.29) is 0 Å². The number of hydrogen-bond acceptors (Lipinski definition) is 4. The number of rotatable bonds is 8. The first-order chi connectivity index (χ1) is 9.08. The van der Waals surface area contributed by atoms with Crippen molar-refractivity contribution >= 4 is 5.69 Å². The quantitative estimate of drug-likeness (QED) is 0.783. The Balaban J connectivity index is 2.73. The first-order valence-electron chi connectivity index (χ1n) is 7.12. The molecular weight excluding hydrogens is 238 g/mol. The Bertz CT molecular complexity index is 351. The van der Waals surface area contributed by atoms with E-state index in [0.717, 1.165) is 37.4 Å². The molecule has 0 saturated carbocycles. The summed E-state index contributed by atoms with van der Waals surface area (Å²) in [6.45, 7) is 7.20. The molecule has 0 spiro atoms. The molecule has 4 heteroatoms. The molecule has 0 aliphatic heterocycles. The zero-order valence-electron chi connectivity index (χ0n) is 12.6. The number of nitrogens with zero attached hydrogens (tertiary/aromatic N) is 3. The molecule has 1 rings (SSSR count). The Labute approximate surface area is 117 Å². The lowest BCUT2D eigenvalue weighted by Crippen LogP contribution is -2.32. The summed E-state index contributed by atoms with van der Waals surface area (Å²) >= 11 is 0. The van der Waals surface area contributed by atoms with Crippen LogP contribution in [0.4, 0.5) is 5.69 Å². The molecule has 1 heterocycles. The molecule has 1 atom stereocenters. The lowest BCUT2D eigenvalue weighted by molar-refractivity contribution is 0.169. The SMILES string of the molecule is CCCN(CCN(C)C)c1ccc(C(O)CC)nc1. The lowest BCUT2D eigenvalue weighted by Gasteiger charge is -2.26. The number of anilines is 1. The predicted octanol–water partition coefficient (Wildman–Crippen LogP) is 2.30. The van der Waals surface area contributed by atoms with Crippen LogP contribution in [0.25, 0.3) is 0 Å². The fraction of sp³-hybridized carbons (Fsp3) is 0.667. The minimum Gasteiger partial charge on any atom is -0.387 e. The lowest BCUT2D eigenvalue weighted by atomic mass is 10.2. The summed E-state index contributed by atoms with van der Waals surface area (Å²) in [7, 11) is 4.17. The maximum Gasteiger partial charge on any atom is 0.0957 e. The third-order valence-corrected chi connectivity index (χ3v) is 3.17. The van der Waals surface area contributed by atoms with Crippen LogP contribution in [0.3, 0.4) is 0 Å². The molecule has 1 aromatic rings. The van der Waals surface area contributed by atoms with Crippen molar-refractivity contribution in [3.05, 3.63) is 24.0 Å². The van der Waals surface area contributed by atoms with Gasteiger partial charge in [0.15, 0.2) is 0 Å². The second-order valence-corrected chi connectivity index (χ2v) is 5.16. The van der Waals surface area contributed by atoms with E-state index in [1.165, 1.54) is 0 Å². The Morgan fingerprint density at radius 3 is 2.37 bits per heavy atom. The van der Waals surface area contributed by atoms with E-state index in [4.69, 9.17) is 0 Å². The summed E-state index contributed by atoms with van der Waals surface area (Å²) in [5.74, 6) is 0. The second-order valence-electron chi connectivity index (χ2n) is 5.16. The van der Waals surface area contributed by atoms with Crippen molar-refractivity contribution in [1.29, 1.82) is 0 Å². The summed E-state index contributed by atoms with van der Waals surface area (Å²) < 4.78 is 0. The van der Waals surface area contributed by atoms with Crippen LogP contribution in [0.5, 0.6) is 0 Å². The molecule has 0 fully saturated rings. The smallest absolute Gasteiger partial charge is 0.0957 e. The summed E-state index contributed by atoms with van der Waals surface area (Å²) in [4.78, 5) is 8.90. The van der Waals surface area contributed by atoms with Crippen molar-refractivity contribution in [2.24, 2.45) is 0 Å². The first kappa shape index (κ1) is 15.9. The zero-order chi connectivity index (χ0) is 14.3. The standard InChI is InChI=1S/C15H27N3O/c1-5-9-18(11-10-17(3)4)13-7-8-14(16-12-13)15(19)6-2/h7-8,12,15,19H,5-6,9-11H2,1-4H3. The van der Waals surface area contributed by atoms with E-state index in [9.17, 15) is 5.11 Å². The van der Waals surface area contributed by atoms with Crippen LogP contribution in [0.1, 0.15) is 38.5 Å². The molecule has 0 aliphatic carbocycles. The van der Waals surface area contributed by atoms with Crippen molar-refractivity contribution in [2.75, 3.05) is 38.6 Å². The van der Waals surface area contributed by atoms with E-state index in [2.05, 4.69) is 41.9 Å². The third kappa shape index (κ3) is 5.17. The molecule has 1 aromatic heterocycles. The van der Waals surface area contributed by atoms with E-state index in [1.54, 1.807) is 0 Å². The third-order valence-electron chi connectivity index (χ3n) is 3.17. The van der Waals surface area contributed by atoms with E-state index < -0.39 is 6.10 Å². The highest BCUT2D eigenvalue weighted by molar-refractivity contribution is 5.44. The maximum atomic E-state index is 9.76. The van der Waals surface area contributed by atoms with Crippen molar-refractivity contribution in [3.8, 4) is 0 Å². The number of aliphatic hydroxyl groups excluding tert-OH is 1. The van der Waals surface area contributed by atoms with Gasteiger partial charge in [0, 0.05) is 19.6 Å². The van der Waals surface area contributed by atoms with Gasteiger partial charge in [-0.25, -0.2) is 0 Å². The van der Waals surface area contributed by atoms with E-state index >= 15 is 0 Å². The normalized spacial score (nSPS) is 12.7. The minimum atomic E-state index is -0.449. The average molecular weight is 265 g/mol. The largest absolute Gasteiger partial charge is 0.387 e. The molecule has 1 unspecified atom stereocenters. The van der Waals surface area contributed by atoms with E-state index in [0.29, 0.717) is 6.42 Å². The van der Waals surface area contributed by atoms with Gasteiger partial charge < -0.3 is 14.9 Å². The molecule has 19 heavy (non-hydrogen) atoms. The molecule has 0 aliphatic rings. The second kappa shape index (κ2) is 8.12. The van der Waals surface area contributed by atoms with Crippen LogP contribution in [0.2, 0.25) is 0 Å². The van der Waals surface area contributed by atoms with Gasteiger partial charge in [0.2, 0.25) is 0 Å². The Morgan fingerprint density at radius 1 is 1.16 bits per heavy atom. The van der Waals surface area contributed by atoms with Crippen molar-refractivity contribution in [1.82, 2.24) is 9.88 Å². The van der Waals surface area contributed by atoms with Crippen LogP contribution < -0.4 is 4.90 Å². The Morgan fingerprint density at radius 2 is 1.89 bits per heavy atom. The van der Waals surface area contributed by atoms with Crippen LogP contribution in [-0.4, -0.2) is 48.7 Å². The minimum absolute atomic E-state index is 0.449. The van der Waals surface area contributed by atoms with Crippen molar-refractivity contribution < 1.29 is 5.11 Å². The average Bonchev–Trinajstić information content (AvgIpc) is 2.42. The van der Waals surface area contributed by atoms with Gasteiger partial charge in [-0.2, -0.15) is 0 Å². The number of aromatic nitrogens is 1. The fourth-order valence-corrected chi connectivity index (χ4v) is 1.95. The van der Waals surface area contributed by atoms with Gasteiger partial charge in [-0.1, -0.05) is 13.8 Å². The van der Waals surface area contributed by atoms with Gasteiger partial charge in [0.25, 0.3) is 0 Å². The highest BCUT2D eigenvalue weighted by atomic mass is 16.3. The van der Waals surface area contributed by atoms with Crippen molar-refractivity contribution in [3.63, 3.8) is 0 Å². The zero-order valence-corrected chi connectivity index (χ0v) is 12.6. The molecule has 0 aromatic carbocycles. The number of aliphatic hydroxyl groups is 1. The number of pyridine rings is 1. The summed E-state index contributed by atoms with van der Waals surface area (Å²) in [6.07, 6.45) is 3.24. The van der Waals surface area contributed by atoms with Gasteiger partial charge in [0.05, 0.1) is 23.7 Å². The Hall–Kier alpha value is -1.13. The molecule has 0 amide bonds. The molecule has 1 N–H and O–H groups in total. The molecule has 0 radical (unpaired) electrons. The van der Waals surface area contributed by atoms with Crippen LogP contribution in [0.15, 0.2) is 18.3 Å². The summed E-state index contributed by atoms with van der Waals surface area (Å²) in [5.41, 5.74) is 1.89. The van der Waals surface area contributed by atoms with Gasteiger partial charge in [-0.05, 0) is 39.1 Å². The highest BCUT2D eigenvalue weighted by Gasteiger charge is 2.09. The van der Waals surface area contributed by atoms with Crippen LogP contribution in [0, 0.1) is 0 Å². The van der Waals surface area contributed by atoms with Crippen LogP contribution >= 0.6 is 0 Å². The highest BCUT2D eigenvalue weighted by Crippen LogP contribution is 2.18. The van der Waals surface area contributed by atoms with Gasteiger partial charge in [-0.3, -0.25) is 4.98 Å². The molecular formula is C15H27N3O. The maximum absolute atomic E-state index is 9.76. The fourth-order valence-electron chi connectivity index (χ4n) is 1.95. The van der Waals surface area contributed by atoms with Gasteiger partial charge in [0.1, 0.15) is 0 Å². The van der Waals surface area contributed by atoms with E-state index in [1.807, 2.05) is 19.2 Å². The first-order valence-corrected chi connectivity index (χ1v) is 7.12. The van der Waals surface area contributed by atoms with Crippen LogP contribution in [-0.2, 0) is 0 Å². The van der Waals surface area contributed by atoms with Gasteiger partial charge in [-0.15, -0.1) is 0 Å². The molecule has 4 nitrogen and oxygen atoms in total. The predicted molar refractivity (Wildman–Crippen MR) is 80.5 cm³/mol. The molecule has 0 bridgehead atoms. The van der Waals surface area contributed by atoms with Crippen molar-refractivity contribution in [2.45, 2.75) is 32.8 Å². The Kier molecular flexibility index (Phi) is 6.81. The molecule has 108 valence electrons.